The lowest BCUT2D eigenvalue weighted by molar-refractivity contribution is 0.120. The highest BCUT2D eigenvalue weighted by Gasteiger charge is 2.58. The molecule has 0 heterocycles. The quantitative estimate of drug-likeness (QED) is 0.196. The van der Waals surface area contributed by atoms with Gasteiger partial charge >= 0.3 is 15.2 Å². The Morgan fingerprint density at radius 3 is 1.30 bits per heavy atom. The van der Waals surface area contributed by atoms with Crippen molar-refractivity contribution >= 4 is 15.2 Å². The molecule has 0 spiro atoms. The van der Waals surface area contributed by atoms with Crippen LogP contribution in [0, 0.1) is 0 Å². The highest BCUT2D eigenvalue weighted by Crippen LogP contribution is 2.69. The molecule has 0 fully saturated rings. The monoisotopic (exact) mass is 380 g/mol. The van der Waals surface area contributed by atoms with Crippen LogP contribution in [0.5, 0.6) is 0 Å². The van der Waals surface area contributed by atoms with Crippen LogP contribution in [0.3, 0.4) is 0 Å². The highest BCUT2D eigenvalue weighted by molar-refractivity contribution is 7.72. The number of rotatable bonds is 12. The second kappa shape index (κ2) is 12.5. The lowest BCUT2D eigenvalue weighted by Gasteiger charge is -2.29. The van der Waals surface area contributed by atoms with E-state index in [1.54, 1.807) is 0 Å². The van der Waals surface area contributed by atoms with E-state index in [-0.39, 0.29) is 18.7 Å². The summed E-state index contributed by atoms with van der Waals surface area (Å²) in [5.74, 6) is 0. The first kappa shape index (κ1) is 28.0. The van der Waals surface area contributed by atoms with Gasteiger partial charge in [0.1, 0.15) is 0 Å². The molecule has 0 aliphatic rings. The lowest BCUT2D eigenvalue weighted by Crippen LogP contribution is -2.28. The zero-order valence-corrected chi connectivity index (χ0v) is 15.7. The minimum Gasteiger partial charge on any atom is -0.368 e. The van der Waals surface area contributed by atoms with Crippen molar-refractivity contribution in [1.82, 2.24) is 12.3 Å². The zero-order valence-electron chi connectivity index (χ0n) is 13.9. The Morgan fingerprint density at radius 2 is 1.00 bits per heavy atom. The molecule has 0 aromatic rings. The predicted octanol–water partition coefficient (Wildman–Crippen LogP) is 3.23. The first-order chi connectivity index (χ1) is 9.56. The van der Waals surface area contributed by atoms with E-state index in [1.165, 1.54) is 19.3 Å². The SMILES string of the molecule is CCCCCCCCCCCC(O)(P(=O)(O)O)P(=O)(O)O.N.N. The van der Waals surface area contributed by atoms with Gasteiger partial charge in [-0.15, -0.1) is 0 Å². The summed E-state index contributed by atoms with van der Waals surface area (Å²) in [7, 11) is -10.6. The van der Waals surface area contributed by atoms with Gasteiger partial charge in [-0.25, -0.2) is 0 Å². The van der Waals surface area contributed by atoms with Crippen LogP contribution in [0.2, 0.25) is 0 Å². The van der Waals surface area contributed by atoms with Crippen LogP contribution in [0.1, 0.15) is 71.1 Å². The van der Waals surface area contributed by atoms with Crippen LogP contribution < -0.4 is 12.3 Å². The Bertz CT molecular complexity index is 362. The van der Waals surface area contributed by atoms with Gasteiger partial charge in [0.05, 0.1) is 0 Å². The molecule has 0 saturated heterocycles. The van der Waals surface area contributed by atoms with Gasteiger partial charge in [0, 0.05) is 0 Å². The molecule has 9 nitrogen and oxygen atoms in total. The molecule has 0 aromatic carbocycles. The van der Waals surface area contributed by atoms with Crippen LogP contribution in [-0.4, -0.2) is 29.8 Å². The molecule has 0 aliphatic carbocycles. The third-order valence-electron chi connectivity index (χ3n) is 3.55. The van der Waals surface area contributed by atoms with Gasteiger partial charge in [-0.3, -0.25) is 9.13 Å². The van der Waals surface area contributed by atoms with Gasteiger partial charge in [-0.2, -0.15) is 0 Å². The molecule has 144 valence electrons. The summed E-state index contributed by atoms with van der Waals surface area (Å²) in [6, 6.07) is 0. The second-order valence-electron chi connectivity index (χ2n) is 5.44. The molecule has 0 bridgehead atoms. The highest BCUT2D eigenvalue weighted by atomic mass is 31.2. The maximum absolute atomic E-state index is 11.1. The molecule has 0 aliphatic heterocycles. The largest absolute Gasteiger partial charge is 0.369 e. The summed E-state index contributed by atoms with van der Waals surface area (Å²) < 4.78 is 22.2. The summed E-state index contributed by atoms with van der Waals surface area (Å²) >= 11 is 0. The first-order valence-corrected chi connectivity index (χ1v) is 10.6. The number of unbranched alkanes of at least 4 members (excludes halogenated alkanes) is 8. The summed E-state index contributed by atoms with van der Waals surface area (Å²) in [6.07, 6.45) is 7.80. The maximum Gasteiger partial charge on any atom is 0.369 e. The van der Waals surface area contributed by atoms with Gasteiger partial charge in [-0.1, -0.05) is 58.3 Å². The molecule has 0 unspecified atom stereocenters. The number of hydrogen-bond donors (Lipinski definition) is 7. The minimum absolute atomic E-state index is 0. The van der Waals surface area contributed by atoms with Crippen molar-refractivity contribution in [3.8, 4) is 0 Å². The Morgan fingerprint density at radius 1 is 0.696 bits per heavy atom. The van der Waals surface area contributed by atoms with Crippen molar-refractivity contribution in [2.75, 3.05) is 0 Å². The summed E-state index contributed by atoms with van der Waals surface area (Å²) in [6.45, 7) is 2.14. The molecule has 23 heavy (non-hydrogen) atoms. The van der Waals surface area contributed by atoms with Crippen LogP contribution in [0.25, 0.3) is 0 Å². The van der Waals surface area contributed by atoms with Crippen LogP contribution in [0.15, 0.2) is 0 Å². The third kappa shape index (κ3) is 9.92. The first-order valence-electron chi connectivity index (χ1n) is 7.40. The fourth-order valence-corrected chi connectivity index (χ4v) is 4.39. The van der Waals surface area contributed by atoms with Crippen molar-refractivity contribution < 1.29 is 33.8 Å². The van der Waals surface area contributed by atoms with E-state index in [1.807, 2.05) is 0 Å². The zero-order chi connectivity index (χ0) is 16.6. The minimum atomic E-state index is -5.29. The Kier molecular flexibility index (Phi) is 15.3. The average molecular weight is 380 g/mol. The van der Waals surface area contributed by atoms with E-state index in [0.29, 0.717) is 6.42 Å². The van der Waals surface area contributed by atoms with E-state index in [0.717, 1.165) is 25.7 Å². The van der Waals surface area contributed by atoms with E-state index >= 15 is 0 Å². The fourth-order valence-electron chi connectivity index (χ4n) is 2.13. The van der Waals surface area contributed by atoms with E-state index in [2.05, 4.69) is 6.92 Å². The van der Waals surface area contributed by atoms with Crippen molar-refractivity contribution in [2.24, 2.45) is 0 Å². The van der Waals surface area contributed by atoms with Crippen LogP contribution >= 0.6 is 15.2 Å². The normalized spacial score (nSPS) is 12.4. The van der Waals surface area contributed by atoms with E-state index in [4.69, 9.17) is 19.6 Å². The third-order valence-corrected chi connectivity index (χ3v) is 7.43. The topological polar surface area (TPSA) is 205 Å². The smallest absolute Gasteiger partial charge is 0.368 e. The molecule has 0 rings (SSSR count). The second-order valence-corrected chi connectivity index (χ2v) is 9.45. The van der Waals surface area contributed by atoms with Gasteiger partial charge < -0.3 is 37.0 Å². The Hall–Kier alpha value is 0.180. The molecule has 0 radical (unpaired) electrons. The molecular formula is C12H34N2O7P2. The van der Waals surface area contributed by atoms with Gasteiger partial charge in [0.25, 0.3) is 5.08 Å². The van der Waals surface area contributed by atoms with E-state index in [9.17, 15) is 14.2 Å². The average Bonchev–Trinajstić information content (AvgIpc) is 2.33. The summed E-state index contributed by atoms with van der Waals surface area (Å²) in [5, 5.41) is 6.41. The molecular weight excluding hydrogens is 346 g/mol. The van der Waals surface area contributed by atoms with Crippen molar-refractivity contribution in [2.45, 2.75) is 76.2 Å². The van der Waals surface area contributed by atoms with Crippen molar-refractivity contribution in [1.29, 1.82) is 0 Å². The fraction of sp³-hybridized carbons (Fsp3) is 1.00. The molecule has 11 heteroatoms. The standard InChI is InChI=1S/C12H28O7P2.2H3N/c1-2-3-4-5-6-7-8-9-10-11-12(13,20(14,15)16)21(17,18)19;;/h13H,2-11H2,1H3,(H2,14,15,16)(H2,17,18,19);2*1H3. The molecule has 0 atom stereocenters. The van der Waals surface area contributed by atoms with Gasteiger partial charge in [0.15, 0.2) is 0 Å². The Balaban J connectivity index is -0.00000200. The summed E-state index contributed by atoms with van der Waals surface area (Å²) in [5.41, 5.74) is 0. The summed E-state index contributed by atoms with van der Waals surface area (Å²) in [4.78, 5) is 35.9. The molecule has 0 aromatic heterocycles. The Labute approximate surface area is 138 Å². The van der Waals surface area contributed by atoms with E-state index < -0.39 is 26.7 Å². The van der Waals surface area contributed by atoms with Crippen LogP contribution in [-0.2, 0) is 9.13 Å². The number of hydrogen-bond acceptors (Lipinski definition) is 5. The molecule has 11 N–H and O–H groups in total. The van der Waals surface area contributed by atoms with Crippen molar-refractivity contribution in [3.05, 3.63) is 0 Å². The predicted molar refractivity (Wildman–Crippen MR) is 90.9 cm³/mol. The van der Waals surface area contributed by atoms with Gasteiger partial charge in [-0.05, 0) is 12.8 Å². The lowest BCUT2D eigenvalue weighted by atomic mass is 10.1. The molecule has 0 amide bonds. The maximum atomic E-state index is 11.1. The van der Waals surface area contributed by atoms with Crippen LogP contribution in [0.4, 0.5) is 0 Å². The van der Waals surface area contributed by atoms with Gasteiger partial charge in [0.2, 0.25) is 0 Å². The number of aliphatic hydroxyl groups is 1. The van der Waals surface area contributed by atoms with Crippen molar-refractivity contribution in [3.63, 3.8) is 0 Å². The molecule has 0 saturated carbocycles.